The lowest BCUT2D eigenvalue weighted by atomic mass is 10.4. The van der Waals surface area contributed by atoms with Crippen LogP contribution < -0.4 is 10.0 Å². The van der Waals surface area contributed by atoms with Gasteiger partial charge in [-0.05, 0) is 13.0 Å². The number of sulfonamides is 1. The molecule has 15 heavy (non-hydrogen) atoms. The zero-order valence-electron chi connectivity index (χ0n) is 9.45. The average Bonchev–Trinajstić information content (AvgIpc) is 2.15. The highest BCUT2D eigenvalue weighted by Gasteiger charge is 2.03. The minimum absolute atomic E-state index is 0.257. The Bertz CT molecular complexity index is 239. The van der Waals surface area contributed by atoms with Gasteiger partial charge in [0.15, 0.2) is 6.29 Å². The molecule has 0 saturated heterocycles. The van der Waals surface area contributed by atoms with Crippen molar-refractivity contribution in [2.24, 2.45) is 0 Å². The Morgan fingerprint density at radius 3 is 2.27 bits per heavy atom. The van der Waals surface area contributed by atoms with Crippen molar-refractivity contribution in [2.75, 3.05) is 40.1 Å². The summed E-state index contributed by atoms with van der Waals surface area (Å²) in [6, 6.07) is 0. The lowest BCUT2D eigenvalue weighted by Crippen LogP contribution is -2.32. The van der Waals surface area contributed by atoms with Crippen LogP contribution in [0.1, 0.15) is 6.42 Å². The molecule has 0 spiro atoms. The fraction of sp³-hybridized carbons (Fsp3) is 1.00. The van der Waals surface area contributed by atoms with Gasteiger partial charge in [0, 0.05) is 27.3 Å². The lowest BCUT2D eigenvalue weighted by molar-refractivity contribution is -0.0986. The summed E-state index contributed by atoms with van der Waals surface area (Å²) >= 11 is 0. The van der Waals surface area contributed by atoms with Crippen molar-refractivity contribution in [2.45, 2.75) is 12.7 Å². The van der Waals surface area contributed by atoms with E-state index in [0.717, 1.165) is 12.7 Å². The fourth-order valence-corrected chi connectivity index (χ4v) is 1.47. The van der Waals surface area contributed by atoms with Crippen LogP contribution in [0.2, 0.25) is 0 Å². The first-order valence-corrected chi connectivity index (χ1v) is 6.59. The van der Waals surface area contributed by atoms with E-state index >= 15 is 0 Å². The van der Waals surface area contributed by atoms with E-state index in [0.29, 0.717) is 19.6 Å². The van der Waals surface area contributed by atoms with Gasteiger partial charge >= 0.3 is 0 Å². The van der Waals surface area contributed by atoms with Crippen LogP contribution in [-0.2, 0) is 19.5 Å². The van der Waals surface area contributed by atoms with Gasteiger partial charge in [-0.3, -0.25) is 0 Å². The second-order valence-corrected chi connectivity index (χ2v) is 4.96. The molecule has 0 saturated carbocycles. The summed E-state index contributed by atoms with van der Waals surface area (Å²) in [6.45, 7) is 1.74. The standard InChI is InChI=1S/C8H20N2O4S/c1-13-8(14-2)7-9-5-4-6-10-15(3,11)12/h8-10H,4-7H2,1-3H3. The number of rotatable bonds is 9. The monoisotopic (exact) mass is 240 g/mol. The van der Waals surface area contributed by atoms with E-state index in [1.54, 1.807) is 14.2 Å². The largest absolute Gasteiger partial charge is 0.355 e. The summed E-state index contributed by atoms with van der Waals surface area (Å²) in [5.74, 6) is 0. The molecule has 0 aromatic rings. The van der Waals surface area contributed by atoms with Crippen molar-refractivity contribution in [1.29, 1.82) is 0 Å². The highest BCUT2D eigenvalue weighted by Crippen LogP contribution is 1.87. The molecule has 0 radical (unpaired) electrons. The molecule has 7 heteroatoms. The normalized spacial score (nSPS) is 12.3. The number of nitrogens with one attached hydrogen (secondary N) is 2. The van der Waals surface area contributed by atoms with E-state index in [1.165, 1.54) is 0 Å². The molecule has 0 heterocycles. The van der Waals surface area contributed by atoms with Crippen molar-refractivity contribution in [3.8, 4) is 0 Å². The Morgan fingerprint density at radius 2 is 1.80 bits per heavy atom. The molecular formula is C8H20N2O4S. The van der Waals surface area contributed by atoms with Gasteiger partial charge in [-0.1, -0.05) is 0 Å². The number of hydrogen-bond donors (Lipinski definition) is 2. The van der Waals surface area contributed by atoms with Crippen LogP contribution in [-0.4, -0.2) is 54.8 Å². The van der Waals surface area contributed by atoms with Crippen LogP contribution in [0.15, 0.2) is 0 Å². The van der Waals surface area contributed by atoms with Crippen LogP contribution in [0.5, 0.6) is 0 Å². The molecule has 6 nitrogen and oxygen atoms in total. The van der Waals surface area contributed by atoms with Crippen molar-refractivity contribution in [3.05, 3.63) is 0 Å². The van der Waals surface area contributed by atoms with E-state index in [-0.39, 0.29) is 6.29 Å². The molecule has 0 aliphatic heterocycles. The Hall–Kier alpha value is -0.210. The van der Waals surface area contributed by atoms with Crippen molar-refractivity contribution in [3.63, 3.8) is 0 Å². The van der Waals surface area contributed by atoms with Crippen LogP contribution >= 0.6 is 0 Å². The smallest absolute Gasteiger partial charge is 0.208 e. The maximum absolute atomic E-state index is 10.7. The van der Waals surface area contributed by atoms with Crippen molar-refractivity contribution >= 4 is 10.0 Å². The van der Waals surface area contributed by atoms with Gasteiger partial charge in [-0.15, -0.1) is 0 Å². The minimum atomic E-state index is -3.06. The van der Waals surface area contributed by atoms with E-state index in [9.17, 15) is 8.42 Å². The molecule has 0 aliphatic carbocycles. The van der Waals surface area contributed by atoms with Crippen LogP contribution in [0, 0.1) is 0 Å². The average molecular weight is 240 g/mol. The van der Waals surface area contributed by atoms with E-state index in [2.05, 4.69) is 10.0 Å². The minimum Gasteiger partial charge on any atom is -0.355 e. The van der Waals surface area contributed by atoms with E-state index in [1.807, 2.05) is 0 Å². The molecule has 92 valence electrons. The molecule has 0 aromatic carbocycles. The highest BCUT2D eigenvalue weighted by molar-refractivity contribution is 7.88. The predicted molar refractivity (Wildman–Crippen MR) is 58.1 cm³/mol. The third kappa shape index (κ3) is 10.1. The van der Waals surface area contributed by atoms with E-state index in [4.69, 9.17) is 9.47 Å². The van der Waals surface area contributed by atoms with Crippen LogP contribution in [0.25, 0.3) is 0 Å². The first-order valence-electron chi connectivity index (χ1n) is 4.70. The Kier molecular flexibility index (Phi) is 7.89. The van der Waals surface area contributed by atoms with E-state index < -0.39 is 10.0 Å². The molecule has 2 N–H and O–H groups in total. The topological polar surface area (TPSA) is 76.7 Å². The van der Waals surface area contributed by atoms with Gasteiger partial charge in [0.1, 0.15) is 0 Å². The molecule has 0 aliphatic rings. The predicted octanol–water partition coefficient (Wildman–Crippen LogP) is -0.866. The van der Waals surface area contributed by atoms with Crippen LogP contribution in [0.4, 0.5) is 0 Å². The second kappa shape index (κ2) is 8.00. The molecule has 0 fully saturated rings. The Morgan fingerprint density at radius 1 is 1.20 bits per heavy atom. The van der Waals surface area contributed by atoms with Crippen molar-refractivity contribution in [1.82, 2.24) is 10.0 Å². The first kappa shape index (κ1) is 14.8. The summed E-state index contributed by atoms with van der Waals surface area (Å²) in [5.41, 5.74) is 0. The van der Waals surface area contributed by atoms with Gasteiger partial charge in [0.05, 0.1) is 6.26 Å². The van der Waals surface area contributed by atoms with Gasteiger partial charge < -0.3 is 14.8 Å². The van der Waals surface area contributed by atoms with Crippen molar-refractivity contribution < 1.29 is 17.9 Å². The molecule has 0 bridgehead atoms. The summed E-state index contributed by atoms with van der Waals surface area (Å²) in [6.07, 6.45) is 1.62. The Labute approximate surface area is 91.4 Å². The SMILES string of the molecule is COC(CNCCCNS(C)(=O)=O)OC. The second-order valence-electron chi connectivity index (χ2n) is 3.13. The third-order valence-corrected chi connectivity index (χ3v) is 2.46. The highest BCUT2D eigenvalue weighted by atomic mass is 32.2. The number of methoxy groups -OCH3 is 2. The van der Waals surface area contributed by atoms with Gasteiger partial charge in [0.25, 0.3) is 0 Å². The number of ether oxygens (including phenoxy) is 2. The molecule has 0 atom stereocenters. The summed E-state index contributed by atoms with van der Waals surface area (Å²) in [4.78, 5) is 0. The van der Waals surface area contributed by atoms with Gasteiger partial charge in [-0.25, -0.2) is 13.1 Å². The zero-order chi connectivity index (χ0) is 11.7. The molecule has 0 unspecified atom stereocenters. The molecule has 0 amide bonds. The first-order chi connectivity index (χ1) is 6.99. The zero-order valence-corrected chi connectivity index (χ0v) is 10.3. The van der Waals surface area contributed by atoms with Gasteiger partial charge in [-0.2, -0.15) is 0 Å². The summed E-state index contributed by atoms with van der Waals surface area (Å²) < 4.78 is 33.7. The summed E-state index contributed by atoms with van der Waals surface area (Å²) in [7, 11) is 0.0769. The third-order valence-electron chi connectivity index (χ3n) is 1.73. The summed E-state index contributed by atoms with van der Waals surface area (Å²) in [5, 5.41) is 3.09. The van der Waals surface area contributed by atoms with Gasteiger partial charge in [0.2, 0.25) is 10.0 Å². The lowest BCUT2D eigenvalue weighted by Gasteiger charge is -2.13. The molecule has 0 aromatic heterocycles. The Balaban J connectivity index is 3.32. The van der Waals surface area contributed by atoms with Crippen LogP contribution in [0.3, 0.4) is 0 Å². The maximum Gasteiger partial charge on any atom is 0.208 e. The molecular weight excluding hydrogens is 220 g/mol. The number of hydrogen-bond acceptors (Lipinski definition) is 5. The fourth-order valence-electron chi connectivity index (χ4n) is 0.954. The quantitative estimate of drug-likeness (QED) is 0.405. The molecule has 0 rings (SSSR count). The maximum atomic E-state index is 10.7.